The Balaban J connectivity index is 1.44. The van der Waals surface area contributed by atoms with Crippen LogP contribution in [0.25, 0.3) is 0 Å². The predicted octanol–water partition coefficient (Wildman–Crippen LogP) is 3.70. The fourth-order valence-electron chi connectivity index (χ4n) is 3.44. The summed E-state index contributed by atoms with van der Waals surface area (Å²) in [6.45, 7) is 2.29. The molecule has 152 valence electrons. The van der Waals surface area contributed by atoms with Crippen molar-refractivity contribution in [1.82, 2.24) is 9.88 Å². The summed E-state index contributed by atoms with van der Waals surface area (Å²) in [5.74, 6) is -0.113. The van der Waals surface area contributed by atoms with Crippen LogP contribution < -0.4 is 9.64 Å². The molecular weight excluding hydrogens is 403 g/mol. The molecule has 2 aromatic carbocycles. The van der Waals surface area contributed by atoms with Gasteiger partial charge < -0.3 is 14.5 Å². The van der Waals surface area contributed by atoms with Crippen molar-refractivity contribution >= 4 is 22.9 Å². The standard InChI is InChI=1S/C22H19FN4O2S/c23-19-5-3-6-20(18(19)12-24)26-8-10-27(11-9-26)22(28)17-4-1-2-7-21(17)29-13-16-14-30-15-25-16/h1-7,14-15H,8-11,13H2. The van der Waals surface area contributed by atoms with E-state index < -0.39 is 5.82 Å². The van der Waals surface area contributed by atoms with Crippen LogP contribution in [0, 0.1) is 17.1 Å². The van der Waals surface area contributed by atoms with Gasteiger partial charge in [0, 0.05) is 31.6 Å². The molecule has 1 amide bonds. The minimum Gasteiger partial charge on any atom is -0.486 e. The van der Waals surface area contributed by atoms with Gasteiger partial charge in [-0.05, 0) is 24.3 Å². The number of thiazole rings is 1. The minimum atomic E-state index is -0.528. The van der Waals surface area contributed by atoms with E-state index in [-0.39, 0.29) is 11.5 Å². The van der Waals surface area contributed by atoms with Crippen LogP contribution in [0.4, 0.5) is 10.1 Å². The highest BCUT2D eigenvalue weighted by molar-refractivity contribution is 7.07. The summed E-state index contributed by atoms with van der Waals surface area (Å²) in [7, 11) is 0. The van der Waals surface area contributed by atoms with Crippen molar-refractivity contribution in [3.05, 3.63) is 76.0 Å². The average molecular weight is 422 g/mol. The number of amides is 1. The number of halogens is 1. The number of hydrogen-bond donors (Lipinski definition) is 0. The van der Waals surface area contributed by atoms with Crippen LogP contribution in [0.5, 0.6) is 5.75 Å². The lowest BCUT2D eigenvalue weighted by atomic mass is 10.1. The second-order valence-electron chi connectivity index (χ2n) is 6.79. The van der Waals surface area contributed by atoms with Crippen molar-refractivity contribution in [2.24, 2.45) is 0 Å². The van der Waals surface area contributed by atoms with E-state index >= 15 is 0 Å². The van der Waals surface area contributed by atoms with E-state index in [0.29, 0.717) is 49.8 Å². The largest absolute Gasteiger partial charge is 0.486 e. The van der Waals surface area contributed by atoms with E-state index in [1.807, 2.05) is 28.5 Å². The molecule has 0 radical (unpaired) electrons. The second-order valence-corrected chi connectivity index (χ2v) is 7.51. The van der Waals surface area contributed by atoms with E-state index in [4.69, 9.17) is 4.74 Å². The molecule has 0 aliphatic carbocycles. The van der Waals surface area contributed by atoms with Gasteiger partial charge in [0.25, 0.3) is 5.91 Å². The van der Waals surface area contributed by atoms with Crippen molar-refractivity contribution < 1.29 is 13.9 Å². The van der Waals surface area contributed by atoms with E-state index in [9.17, 15) is 14.4 Å². The molecule has 0 atom stereocenters. The van der Waals surface area contributed by atoms with E-state index in [0.717, 1.165) is 5.69 Å². The number of ether oxygens (including phenoxy) is 1. The molecule has 1 saturated heterocycles. The van der Waals surface area contributed by atoms with Gasteiger partial charge in [0.1, 0.15) is 29.8 Å². The Kier molecular flexibility index (Phi) is 5.91. The van der Waals surface area contributed by atoms with Gasteiger partial charge in [0.2, 0.25) is 0 Å². The Morgan fingerprint density at radius 2 is 1.97 bits per heavy atom. The molecule has 8 heteroatoms. The smallest absolute Gasteiger partial charge is 0.257 e. The number of carbonyl (C=O) groups excluding carboxylic acids is 1. The Bertz CT molecular complexity index is 1070. The number of para-hydroxylation sites is 1. The summed E-state index contributed by atoms with van der Waals surface area (Å²) in [4.78, 5) is 21.0. The van der Waals surface area contributed by atoms with Crippen LogP contribution in [0.2, 0.25) is 0 Å². The topological polar surface area (TPSA) is 69.5 Å². The third kappa shape index (κ3) is 4.11. The first kappa shape index (κ1) is 19.9. The monoisotopic (exact) mass is 422 g/mol. The molecule has 6 nitrogen and oxygen atoms in total. The molecule has 1 aromatic heterocycles. The first-order valence-corrected chi connectivity index (χ1v) is 10.4. The summed E-state index contributed by atoms with van der Waals surface area (Å²) in [5, 5.41) is 11.2. The van der Waals surface area contributed by atoms with Gasteiger partial charge in [-0.3, -0.25) is 4.79 Å². The van der Waals surface area contributed by atoms with Crippen LogP contribution in [0.3, 0.4) is 0 Å². The molecule has 1 aliphatic rings. The van der Waals surface area contributed by atoms with Gasteiger partial charge in [-0.15, -0.1) is 11.3 Å². The van der Waals surface area contributed by atoms with Crippen molar-refractivity contribution in [1.29, 1.82) is 5.26 Å². The van der Waals surface area contributed by atoms with Crippen molar-refractivity contribution in [2.75, 3.05) is 31.1 Å². The zero-order chi connectivity index (χ0) is 20.9. The van der Waals surface area contributed by atoms with Crippen LogP contribution in [-0.4, -0.2) is 42.0 Å². The van der Waals surface area contributed by atoms with Crippen LogP contribution in [0.1, 0.15) is 21.6 Å². The highest BCUT2D eigenvalue weighted by Gasteiger charge is 2.26. The summed E-state index contributed by atoms with van der Waals surface area (Å²) in [5.41, 5.74) is 3.67. The lowest BCUT2D eigenvalue weighted by Crippen LogP contribution is -2.49. The summed E-state index contributed by atoms with van der Waals surface area (Å²) in [6.07, 6.45) is 0. The SMILES string of the molecule is N#Cc1c(F)cccc1N1CCN(C(=O)c2ccccc2OCc2cscn2)CC1. The van der Waals surface area contributed by atoms with Crippen LogP contribution in [0.15, 0.2) is 53.4 Å². The molecule has 0 bridgehead atoms. The molecule has 0 spiro atoms. The second kappa shape index (κ2) is 8.93. The molecule has 1 fully saturated rings. The zero-order valence-electron chi connectivity index (χ0n) is 16.1. The molecule has 0 N–H and O–H groups in total. The van der Waals surface area contributed by atoms with Gasteiger partial charge in [0.15, 0.2) is 0 Å². The van der Waals surface area contributed by atoms with Gasteiger partial charge in [0.05, 0.1) is 22.5 Å². The maximum Gasteiger partial charge on any atom is 0.257 e. The van der Waals surface area contributed by atoms with E-state index in [1.165, 1.54) is 17.4 Å². The number of piperazine rings is 1. The highest BCUT2D eigenvalue weighted by atomic mass is 32.1. The molecule has 0 saturated carbocycles. The van der Waals surface area contributed by atoms with Crippen LogP contribution >= 0.6 is 11.3 Å². The lowest BCUT2D eigenvalue weighted by molar-refractivity contribution is 0.0741. The third-order valence-electron chi connectivity index (χ3n) is 4.99. The van der Waals surface area contributed by atoms with Crippen molar-refractivity contribution in [3.63, 3.8) is 0 Å². The Labute approximate surface area is 177 Å². The average Bonchev–Trinajstić information content (AvgIpc) is 3.31. The molecular formula is C22H19FN4O2S. The zero-order valence-corrected chi connectivity index (χ0v) is 16.9. The van der Waals surface area contributed by atoms with Gasteiger partial charge in [-0.1, -0.05) is 18.2 Å². The van der Waals surface area contributed by atoms with E-state index in [1.54, 1.807) is 34.7 Å². The van der Waals surface area contributed by atoms with Crippen molar-refractivity contribution in [2.45, 2.75) is 6.61 Å². The Hall–Kier alpha value is -3.44. The first-order valence-electron chi connectivity index (χ1n) is 9.49. The maximum atomic E-state index is 13.9. The normalized spacial score (nSPS) is 13.7. The maximum absolute atomic E-state index is 13.9. The fourth-order valence-corrected chi connectivity index (χ4v) is 3.98. The van der Waals surface area contributed by atoms with Crippen molar-refractivity contribution in [3.8, 4) is 11.8 Å². The summed E-state index contributed by atoms with van der Waals surface area (Å²) >= 11 is 1.50. The molecule has 1 aliphatic heterocycles. The fraction of sp³-hybridized carbons (Fsp3) is 0.227. The predicted molar refractivity (Wildman–Crippen MR) is 112 cm³/mol. The first-order chi connectivity index (χ1) is 14.7. The highest BCUT2D eigenvalue weighted by Crippen LogP contribution is 2.26. The summed E-state index contributed by atoms with van der Waals surface area (Å²) < 4.78 is 19.8. The molecule has 0 unspecified atom stereocenters. The molecule has 3 aromatic rings. The van der Waals surface area contributed by atoms with Gasteiger partial charge in [-0.2, -0.15) is 5.26 Å². The Morgan fingerprint density at radius 3 is 2.70 bits per heavy atom. The number of anilines is 1. The number of nitrogens with zero attached hydrogens (tertiary/aromatic N) is 4. The quantitative estimate of drug-likeness (QED) is 0.627. The van der Waals surface area contributed by atoms with Gasteiger partial charge in [-0.25, -0.2) is 9.37 Å². The molecule has 4 rings (SSSR count). The minimum absolute atomic E-state index is 0.0399. The number of hydrogen-bond acceptors (Lipinski definition) is 6. The number of benzene rings is 2. The number of nitriles is 1. The summed E-state index contributed by atoms with van der Waals surface area (Å²) in [6, 6.07) is 13.7. The molecule has 30 heavy (non-hydrogen) atoms. The number of aromatic nitrogens is 1. The van der Waals surface area contributed by atoms with Gasteiger partial charge >= 0.3 is 0 Å². The Morgan fingerprint density at radius 1 is 1.17 bits per heavy atom. The lowest BCUT2D eigenvalue weighted by Gasteiger charge is -2.36. The molecule has 2 heterocycles. The van der Waals surface area contributed by atoms with E-state index in [2.05, 4.69) is 4.98 Å². The number of carbonyl (C=O) groups is 1. The number of rotatable bonds is 5. The van der Waals surface area contributed by atoms with Crippen LogP contribution in [-0.2, 0) is 6.61 Å². The third-order valence-corrected chi connectivity index (χ3v) is 5.62.